The third kappa shape index (κ3) is 9.67. The van der Waals surface area contributed by atoms with E-state index in [1.165, 1.54) is 0 Å². The number of fused-ring (bicyclic) bond motifs is 8. The highest BCUT2D eigenvalue weighted by Crippen LogP contribution is 2.50. The number of ether oxygens (including phenoxy) is 1. The Morgan fingerprint density at radius 1 is 0.878 bits per heavy atom. The van der Waals surface area contributed by atoms with Gasteiger partial charge in [-0.1, -0.05) is 79.5 Å². The lowest BCUT2D eigenvalue weighted by molar-refractivity contribution is -0.135. The molecule has 0 unspecified atom stereocenters. The van der Waals surface area contributed by atoms with E-state index in [9.17, 15) is 25.5 Å². The quantitative estimate of drug-likeness (QED) is 0.0282. The Morgan fingerprint density at radius 3 is 2.55 bits per heavy atom. The number of aromatic amines is 2. The van der Waals surface area contributed by atoms with Crippen molar-refractivity contribution in [3.05, 3.63) is 153 Å². The van der Waals surface area contributed by atoms with Gasteiger partial charge in [-0.2, -0.15) is 0 Å². The number of ketones is 2. The summed E-state index contributed by atoms with van der Waals surface area (Å²) in [6.07, 6.45) is 18.7. The molecule has 3 aromatic carbocycles. The minimum Gasteiger partial charge on any atom is -0.507 e. The molecule has 0 amide bonds. The van der Waals surface area contributed by atoms with Gasteiger partial charge in [0.2, 0.25) is 0 Å². The molecule has 5 heterocycles. The zero-order valence-corrected chi connectivity index (χ0v) is 42.1. The molecular weight excluding hydrogens is 929 g/mol. The molecule has 0 radical (unpaired) electrons. The molecule has 4 aliphatic carbocycles. The van der Waals surface area contributed by atoms with E-state index in [0.29, 0.717) is 54.1 Å². The van der Waals surface area contributed by atoms with Gasteiger partial charge in [0.25, 0.3) is 0 Å². The first-order valence-corrected chi connectivity index (χ1v) is 26.9. The summed E-state index contributed by atoms with van der Waals surface area (Å²) < 4.78 is 6.54. The van der Waals surface area contributed by atoms with E-state index in [4.69, 9.17) is 4.74 Å². The van der Waals surface area contributed by atoms with Crippen LogP contribution in [-0.4, -0.2) is 90.6 Å². The lowest BCUT2D eigenvalue weighted by Crippen LogP contribution is -2.43. The standard InChI is InChI=1S/C62H68N4O8/c1-2-25-63-35-39-12-16-52-50-33-53-45(20-26-64-53)51(34-62(73)23-18-38-6-5-9-54(68)42(38)19-24-62)57(50)60(72)48(22-28-67)55(69)17-11-37-30-40(59(71)56(32-37)74-41-7-3-4-8-41)29-36-10-13-43-46(58(39)70)15-14-44(49(43)31-36)47-21-27-65-61(47)66-52/h5-6,9-10,13-15,19-21,24,26-27,30-33,39,41,44,46,48,51-52,57-58,63-68,70-71,73H,2-4,7-8,11,17-18,22-23,25,28-29,34-35H2,1H3/t39-,44+,46-,48-,51-,52-,57-,58-,62-/m1/s1. The summed E-state index contributed by atoms with van der Waals surface area (Å²) in [5.41, 5.74) is 7.64. The maximum absolute atomic E-state index is 16.1. The number of aromatic hydroxyl groups is 2. The van der Waals surface area contributed by atoms with E-state index < -0.39 is 53.9 Å². The van der Waals surface area contributed by atoms with Crippen molar-refractivity contribution in [3.8, 4) is 29.1 Å². The minimum absolute atomic E-state index is 0.00431. The summed E-state index contributed by atoms with van der Waals surface area (Å²) in [4.78, 5) is 38.1. The molecule has 12 heteroatoms. The summed E-state index contributed by atoms with van der Waals surface area (Å²) in [6.45, 7) is 2.82. The van der Waals surface area contributed by atoms with E-state index in [1.54, 1.807) is 24.3 Å². The Morgan fingerprint density at radius 2 is 1.72 bits per heavy atom. The highest BCUT2D eigenvalue weighted by atomic mass is 16.5. The number of nitrogens with one attached hydrogen (secondary N) is 4. The van der Waals surface area contributed by atoms with Gasteiger partial charge >= 0.3 is 0 Å². The van der Waals surface area contributed by atoms with Crippen LogP contribution in [0, 0.1) is 29.6 Å². The number of phenols is 2. The predicted molar refractivity (Wildman–Crippen MR) is 286 cm³/mol. The maximum Gasteiger partial charge on any atom is 0.161 e. The Hall–Kier alpha value is -6.62. The number of hydrogen-bond donors (Lipinski definition) is 9. The van der Waals surface area contributed by atoms with Crippen molar-refractivity contribution in [3.63, 3.8) is 0 Å². The van der Waals surface area contributed by atoms with Gasteiger partial charge in [-0.3, -0.25) is 9.59 Å². The molecule has 2 aromatic heterocycles. The number of aliphatic hydroxyl groups excluding tert-OH is 2. The summed E-state index contributed by atoms with van der Waals surface area (Å²) in [5, 5.41) is 66.5. The van der Waals surface area contributed by atoms with E-state index in [1.807, 2.05) is 48.8 Å². The fourth-order valence-electron chi connectivity index (χ4n) is 12.9. The molecule has 9 N–H and O–H groups in total. The normalized spacial score (nSPS) is 27.3. The number of aliphatic hydroxyl groups is 3. The molecule has 1 fully saturated rings. The van der Waals surface area contributed by atoms with Gasteiger partial charge in [0.05, 0.1) is 29.6 Å². The van der Waals surface area contributed by atoms with Crippen molar-refractivity contribution in [1.82, 2.24) is 15.3 Å². The molecule has 0 saturated heterocycles. The maximum atomic E-state index is 16.1. The molecule has 0 spiro atoms. The lowest BCUT2D eigenvalue weighted by atomic mass is 9.65. The van der Waals surface area contributed by atoms with Gasteiger partial charge < -0.3 is 50.9 Å². The van der Waals surface area contributed by atoms with Crippen LogP contribution < -0.4 is 15.4 Å². The minimum atomic E-state index is -1.44. The number of allylic oxidation sites excluding steroid dienone is 1. The molecule has 74 heavy (non-hydrogen) atoms. The smallest absolute Gasteiger partial charge is 0.161 e. The molecule has 3 aliphatic heterocycles. The Bertz CT molecular complexity index is 3090. The highest BCUT2D eigenvalue weighted by molar-refractivity contribution is 6.05. The Balaban J connectivity index is 1.10. The number of anilines is 1. The van der Waals surface area contributed by atoms with Gasteiger partial charge in [-0.25, -0.2) is 0 Å². The SMILES string of the molecule is CCCNC[C@H]1C#C[C@H]2Nc3[nH]ccc3[C@@H]3C=C[C@H](c4ccc(cc43)Cc3cc(cc(OC4CCCC4)c3O)CCC(=O)[C@@H](CCO)C(=O)[C@@H]3C2=Cc2[nH]ccc2[C@H]3C[C@]2(O)C=Cc3c(O)cccc3CC2)[C@@H]1O. The Kier molecular flexibility index (Phi) is 14.0. The first kappa shape index (κ1) is 49.6. The molecule has 12 nitrogen and oxygen atoms in total. The van der Waals surface area contributed by atoms with Gasteiger partial charge in [-0.15, -0.1) is 0 Å². The second kappa shape index (κ2) is 20.9. The molecule has 9 atom stereocenters. The highest BCUT2D eigenvalue weighted by Gasteiger charge is 2.47. The van der Waals surface area contributed by atoms with Crippen LogP contribution in [0.25, 0.3) is 12.2 Å². The molecule has 5 aromatic rings. The second-order valence-electron chi connectivity index (χ2n) is 21.6. The number of carbonyl (C=O) groups excluding carboxylic acids is 2. The number of Topliss-reactive ketones (excluding diaryl/α,β-unsaturated/α-hetero) is 2. The van der Waals surface area contributed by atoms with Crippen molar-refractivity contribution < 1.29 is 39.9 Å². The summed E-state index contributed by atoms with van der Waals surface area (Å²) in [5.74, 6) is 3.61. The van der Waals surface area contributed by atoms with Crippen LogP contribution >= 0.6 is 0 Å². The molecule has 12 rings (SSSR count). The van der Waals surface area contributed by atoms with Crippen LogP contribution in [0.15, 0.2) is 96.9 Å². The van der Waals surface area contributed by atoms with Crippen molar-refractivity contribution in [2.75, 3.05) is 25.0 Å². The number of rotatable bonds is 10. The average molecular weight is 997 g/mol. The number of benzene rings is 3. The fraction of sp³-hybridized carbons (Fsp3) is 0.419. The summed E-state index contributed by atoms with van der Waals surface area (Å²) in [6, 6.07) is 18.7. The molecule has 1 saturated carbocycles. The van der Waals surface area contributed by atoms with E-state index in [2.05, 4.69) is 69.7 Å². The van der Waals surface area contributed by atoms with Gasteiger partial charge in [0.1, 0.15) is 23.4 Å². The summed E-state index contributed by atoms with van der Waals surface area (Å²) in [7, 11) is 0. The fourth-order valence-corrected chi connectivity index (χ4v) is 12.9. The molecule has 7 bridgehead atoms. The zero-order chi connectivity index (χ0) is 51.1. The summed E-state index contributed by atoms with van der Waals surface area (Å²) >= 11 is 0. The van der Waals surface area contributed by atoms with Crippen molar-refractivity contribution in [1.29, 1.82) is 0 Å². The lowest BCUT2D eigenvalue weighted by Gasteiger charge is -2.40. The third-order valence-electron chi connectivity index (χ3n) is 16.8. The first-order valence-electron chi connectivity index (χ1n) is 26.9. The zero-order valence-electron chi connectivity index (χ0n) is 42.1. The largest absolute Gasteiger partial charge is 0.507 e. The monoisotopic (exact) mass is 997 g/mol. The molecular formula is C62H68N4O8. The number of H-pyrrole nitrogens is 2. The molecule has 7 aliphatic rings. The number of carbonyl (C=O) groups is 2. The van der Waals surface area contributed by atoms with Crippen molar-refractivity contribution in [2.24, 2.45) is 17.8 Å². The third-order valence-corrected chi connectivity index (χ3v) is 16.8. The van der Waals surface area contributed by atoms with Crippen molar-refractivity contribution in [2.45, 2.75) is 126 Å². The van der Waals surface area contributed by atoms with Crippen LogP contribution in [0.2, 0.25) is 0 Å². The first-order chi connectivity index (χ1) is 36.0. The number of aryl methyl sites for hydroxylation is 2. The van der Waals surface area contributed by atoms with Crippen LogP contribution in [0.4, 0.5) is 5.82 Å². The predicted octanol–water partition coefficient (Wildman–Crippen LogP) is 8.89. The Labute approximate surface area is 433 Å². The van der Waals surface area contributed by atoms with Crippen molar-refractivity contribution >= 4 is 29.5 Å². The van der Waals surface area contributed by atoms with Crippen LogP contribution in [0.5, 0.6) is 17.2 Å². The molecule has 384 valence electrons. The van der Waals surface area contributed by atoms with E-state index in [-0.39, 0.29) is 60.8 Å². The van der Waals surface area contributed by atoms with Crippen LogP contribution in [0.3, 0.4) is 0 Å². The van der Waals surface area contributed by atoms with Gasteiger partial charge in [-0.05, 0) is 140 Å². The van der Waals surface area contributed by atoms with Crippen LogP contribution in [-0.2, 0) is 28.9 Å². The van der Waals surface area contributed by atoms with Gasteiger partial charge in [0, 0.05) is 84.4 Å². The van der Waals surface area contributed by atoms with E-state index in [0.717, 1.165) is 83.3 Å². The van der Waals surface area contributed by atoms with E-state index >= 15 is 9.59 Å². The second-order valence-corrected chi connectivity index (χ2v) is 21.6. The van der Waals surface area contributed by atoms with Crippen LogP contribution in [0.1, 0.15) is 138 Å². The number of phenolic OH excluding ortho intramolecular Hbond substituents is 2. The number of hydrogen-bond acceptors (Lipinski definition) is 10. The topological polar surface area (TPSA) is 200 Å². The average Bonchev–Trinajstić information content (AvgIpc) is 4.19. The number of aromatic nitrogens is 2. The van der Waals surface area contributed by atoms with Gasteiger partial charge in [0.15, 0.2) is 17.3 Å².